The highest BCUT2D eigenvalue weighted by molar-refractivity contribution is 9.10. The fraction of sp³-hybridized carbons (Fsp3) is 0.308. The Bertz CT molecular complexity index is 669. The van der Waals surface area contributed by atoms with Crippen LogP contribution in [-0.4, -0.2) is 13.4 Å². The zero-order valence-corrected chi connectivity index (χ0v) is 14.3. The maximum Gasteiger partial charge on any atom is 0.242 e. The normalized spacial score (nSPS) is 13.6. The van der Waals surface area contributed by atoms with E-state index in [0.29, 0.717) is 4.47 Å². The van der Waals surface area contributed by atoms with Gasteiger partial charge in [0, 0.05) is 21.7 Å². The van der Waals surface area contributed by atoms with Crippen molar-refractivity contribution in [2.45, 2.75) is 24.8 Å². The van der Waals surface area contributed by atoms with E-state index in [9.17, 15) is 8.42 Å². The van der Waals surface area contributed by atoms with Crippen molar-refractivity contribution >= 4 is 37.3 Å². The number of nitrogens with zero attached hydrogens (tertiary/aromatic N) is 1. The van der Waals surface area contributed by atoms with Gasteiger partial charge in [-0.05, 0) is 39.4 Å². The van der Waals surface area contributed by atoms with Crippen molar-refractivity contribution < 1.29 is 8.42 Å². The van der Waals surface area contributed by atoms with Gasteiger partial charge in [-0.1, -0.05) is 19.9 Å². The molecule has 1 N–H and O–H groups in total. The summed E-state index contributed by atoms with van der Waals surface area (Å²) < 4.78 is 28.3. The maximum absolute atomic E-state index is 12.4. The van der Waals surface area contributed by atoms with Gasteiger partial charge in [0.1, 0.15) is 4.90 Å². The minimum atomic E-state index is -3.59. The molecule has 0 spiro atoms. The second-order valence-electron chi connectivity index (χ2n) is 4.70. The largest absolute Gasteiger partial charge is 0.262 e. The van der Waals surface area contributed by atoms with Crippen molar-refractivity contribution in [3.63, 3.8) is 0 Å². The van der Waals surface area contributed by atoms with Gasteiger partial charge in [0.25, 0.3) is 0 Å². The van der Waals surface area contributed by atoms with Crippen molar-refractivity contribution in [2.75, 3.05) is 0 Å². The van der Waals surface area contributed by atoms with Gasteiger partial charge < -0.3 is 0 Å². The first-order valence-corrected chi connectivity index (χ1v) is 9.22. The van der Waals surface area contributed by atoms with Crippen LogP contribution in [0, 0.1) is 5.92 Å². The van der Waals surface area contributed by atoms with Gasteiger partial charge in [-0.25, -0.2) is 13.1 Å². The van der Waals surface area contributed by atoms with E-state index in [4.69, 9.17) is 0 Å². The van der Waals surface area contributed by atoms with Crippen molar-refractivity contribution in [1.82, 2.24) is 9.71 Å². The molecule has 1 unspecified atom stereocenters. The molecule has 1 atom stereocenters. The Kier molecular flexibility index (Phi) is 4.95. The third-order valence-corrected chi connectivity index (χ3v) is 5.59. The lowest BCUT2D eigenvalue weighted by molar-refractivity contribution is 0.469. The molecule has 0 fully saturated rings. The summed E-state index contributed by atoms with van der Waals surface area (Å²) in [6.45, 7) is 3.98. The Balaban J connectivity index is 2.31. The molecular weight excluding hydrogens is 360 g/mol. The molecule has 0 bridgehead atoms. The summed E-state index contributed by atoms with van der Waals surface area (Å²) in [5, 5.41) is 1.94. The van der Waals surface area contributed by atoms with Crippen LogP contribution in [0.1, 0.15) is 24.8 Å². The molecule has 2 aromatic rings. The van der Waals surface area contributed by atoms with Crippen LogP contribution in [0.25, 0.3) is 0 Å². The van der Waals surface area contributed by atoms with Crippen LogP contribution in [0.3, 0.4) is 0 Å². The first kappa shape index (κ1) is 15.6. The number of hydrogen-bond acceptors (Lipinski definition) is 4. The molecule has 20 heavy (non-hydrogen) atoms. The number of sulfonamides is 1. The molecule has 0 aliphatic rings. The van der Waals surface area contributed by atoms with Crippen molar-refractivity contribution in [2.24, 2.45) is 5.92 Å². The predicted octanol–water partition coefficient (Wildman–Crippen LogP) is 3.58. The Morgan fingerprint density at radius 2 is 2.10 bits per heavy atom. The first-order chi connectivity index (χ1) is 9.40. The number of pyridine rings is 1. The van der Waals surface area contributed by atoms with Crippen LogP contribution in [0.5, 0.6) is 0 Å². The molecule has 0 saturated heterocycles. The van der Waals surface area contributed by atoms with E-state index in [1.807, 2.05) is 31.4 Å². The highest BCUT2D eigenvalue weighted by Gasteiger charge is 2.24. The monoisotopic (exact) mass is 374 g/mol. The lowest BCUT2D eigenvalue weighted by atomic mass is 10.0. The van der Waals surface area contributed by atoms with Gasteiger partial charge in [-0.2, -0.15) is 0 Å². The summed E-state index contributed by atoms with van der Waals surface area (Å²) in [4.78, 5) is 5.07. The van der Waals surface area contributed by atoms with Crippen LogP contribution in [0.4, 0.5) is 0 Å². The van der Waals surface area contributed by atoms with Gasteiger partial charge in [0.2, 0.25) is 10.0 Å². The minimum absolute atomic E-state index is 0.156. The van der Waals surface area contributed by atoms with E-state index in [0.717, 1.165) is 4.88 Å². The van der Waals surface area contributed by atoms with Crippen molar-refractivity contribution in [3.8, 4) is 0 Å². The summed E-state index contributed by atoms with van der Waals surface area (Å²) in [6, 6.07) is 5.17. The molecule has 0 saturated carbocycles. The predicted molar refractivity (Wildman–Crippen MR) is 84.2 cm³/mol. The highest BCUT2D eigenvalue weighted by Crippen LogP contribution is 2.28. The highest BCUT2D eigenvalue weighted by atomic mass is 79.9. The molecule has 0 radical (unpaired) electrons. The number of halogens is 1. The molecule has 0 amide bonds. The second kappa shape index (κ2) is 6.34. The average Bonchev–Trinajstić information content (AvgIpc) is 2.89. The minimum Gasteiger partial charge on any atom is -0.262 e. The fourth-order valence-corrected chi connectivity index (χ4v) is 4.66. The first-order valence-electron chi connectivity index (χ1n) is 6.06. The number of rotatable bonds is 5. The third kappa shape index (κ3) is 3.66. The van der Waals surface area contributed by atoms with Gasteiger partial charge >= 0.3 is 0 Å². The molecule has 2 rings (SSSR count). The SMILES string of the molecule is CC(C)C(NS(=O)(=O)c1cncc(Br)c1)c1cccs1. The number of nitrogens with one attached hydrogen (secondary N) is 1. The molecule has 0 aliphatic heterocycles. The molecule has 0 aliphatic carbocycles. The molecule has 2 aromatic heterocycles. The number of aromatic nitrogens is 1. The molecular formula is C13H15BrN2O2S2. The fourth-order valence-electron chi connectivity index (χ4n) is 1.77. The van der Waals surface area contributed by atoms with E-state index in [2.05, 4.69) is 25.6 Å². The molecule has 4 nitrogen and oxygen atoms in total. The van der Waals surface area contributed by atoms with Crippen LogP contribution in [0.2, 0.25) is 0 Å². The van der Waals surface area contributed by atoms with E-state index in [-0.39, 0.29) is 16.9 Å². The second-order valence-corrected chi connectivity index (χ2v) is 8.31. The van der Waals surface area contributed by atoms with Gasteiger partial charge in [0.05, 0.1) is 6.04 Å². The summed E-state index contributed by atoms with van der Waals surface area (Å²) in [7, 11) is -3.59. The van der Waals surface area contributed by atoms with Crippen molar-refractivity contribution in [1.29, 1.82) is 0 Å². The topological polar surface area (TPSA) is 59.1 Å². The molecule has 2 heterocycles. The van der Waals surface area contributed by atoms with Crippen molar-refractivity contribution in [3.05, 3.63) is 45.3 Å². The van der Waals surface area contributed by atoms with Crippen LogP contribution < -0.4 is 4.72 Å². The number of thiophene rings is 1. The standard InChI is InChI=1S/C13H15BrN2O2S2/c1-9(2)13(12-4-3-5-19-12)16-20(17,18)11-6-10(14)7-15-8-11/h3-9,13,16H,1-2H3. The van der Waals surface area contributed by atoms with Gasteiger partial charge in [0.15, 0.2) is 0 Å². The zero-order valence-electron chi connectivity index (χ0n) is 11.1. The van der Waals surface area contributed by atoms with Gasteiger partial charge in [-0.15, -0.1) is 11.3 Å². The molecule has 108 valence electrons. The lowest BCUT2D eigenvalue weighted by Crippen LogP contribution is -2.31. The average molecular weight is 375 g/mol. The third-order valence-electron chi connectivity index (χ3n) is 2.79. The van der Waals surface area contributed by atoms with Gasteiger partial charge in [-0.3, -0.25) is 4.98 Å². The maximum atomic E-state index is 12.4. The molecule has 7 heteroatoms. The van der Waals surface area contributed by atoms with Crippen LogP contribution in [0.15, 0.2) is 45.3 Å². The Morgan fingerprint density at radius 1 is 1.35 bits per heavy atom. The summed E-state index contributed by atoms with van der Waals surface area (Å²) in [5.41, 5.74) is 0. The Labute approximate surface area is 131 Å². The molecule has 0 aromatic carbocycles. The number of hydrogen-bond donors (Lipinski definition) is 1. The zero-order chi connectivity index (χ0) is 14.8. The van der Waals surface area contributed by atoms with E-state index < -0.39 is 10.0 Å². The quantitative estimate of drug-likeness (QED) is 0.869. The van der Waals surface area contributed by atoms with E-state index in [1.165, 1.54) is 6.20 Å². The summed E-state index contributed by atoms with van der Waals surface area (Å²) in [5.74, 6) is 0.156. The smallest absolute Gasteiger partial charge is 0.242 e. The van der Waals surface area contributed by atoms with E-state index in [1.54, 1.807) is 23.6 Å². The van der Waals surface area contributed by atoms with Crippen LogP contribution >= 0.6 is 27.3 Å². The Hall–Kier alpha value is -0.760. The Morgan fingerprint density at radius 3 is 2.65 bits per heavy atom. The summed E-state index contributed by atoms with van der Waals surface area (Å²) in [6.07, 6.45) is 2.90. The van der Waals surface area contributed by atoms with E-state index >= 15 is 0 Å². The summed E-state index contributed by atoms with van der Waals surface area (Å²) >= 11 is 4.78. The lowest BCUT2D eigenvalue weighted by Gasteiger charge is -2.21. The van der Waals surface area contributed by atoms with Crippen LogP contribution in [-0.2, 0) is 10.0 Å².